The molecule has 0 bridgehead atoms. The van der Waals surface area contributed by atoms with Crippen LogP contribution in [0.2, 0.25) is 0 Å². The standard InChI is InChI=1S/C18H27N3O3/c22-17-15(20-13-7-3-1-4-8-13)12-24-16(17)11-19-18(23)21-14-9-5-2-6-10-14/h2,5-6,9-10,13,15-17,20,22H,1,3-4,7-8,11-12H2,(H2,19,21,23). The van der Waals surface area contributed by atoms with Crippen LogP contribution in [-0.2, 0) is 4.74 Å². The van der Waals surface area contributed by atoms with Crippen LogP contribution >= 0.6 is 0 Å². The molecule has 6 nitrogen and oxygen atoms in total. The average molecular weight is 333 g/mol. The molecule has 3 atom stereocenters. The van der Waals surface area contributed by atoms with Crippen molar-refractivity contribution in [2.75, 3.05) is 18.5 Å². The number of aliphatic hydroxyl groups excluding tert-OH is 1. The summed E-state index contributed by atoms with van der Waals surface area (Å²) in [4.78, 5) is 11.9. The van der Waals surface area contributed by atoms with Gasteiger partial charge in [-0.15, -0.1) is 0 Å². The number of urea groups is 1. The summed E-state index contributed by atoms with van der Waals surface area (Å²) in [6, 6.07) is 9.41. The maximum atomic E-state index is 11.9. The SMILES string of the molecule is O=C(NCC1OCC(NC2CCCCC2)C1O)Nc1ccccc1. The number of carbonyl (C=O) groups excluding carboxylic acids is 1. The molecule has 0 radical (unpaired) electrons. The number of para-hydroxylation sites is 1. The fourth-order valence-corrected chi connectivity index (χ4v) is 3.47. The number of amides is 2. The van der Waals surface area contributed by atoms with E-state index in [1.807, 2.05) is 30.3 Å². The van der Waals surface area contributed by atoms with Crippen LogP contribution in [0.3, 0.4) is 0 Å². The number of anilines is 1. The van der Waals surface area contributed by atoms with Crippen molar-refractivity contribution in [3.8, 4) is 0 Å². The molecule has 1 aromatic rings. The van der Waals surface area contributed by atoms with Crippen molar-refractivity contribution in [2.45, 2.75) is 56.4 Å². The van der Waals surface area contributed by atoms with Crippen molar-refractivity contribution in [3.63, 3.8) is 0 Å². The Bertz CT molecular complexity index is 520. The fourth-order valence-electron chi connectivity index (χ4n) is 3.47. The van der Waals surface area contributed by atoms with E-state index in [1.54, 1.807) is 0 Å². The second kappa shape index (κ2) is 8.46. The van der Waals surface area contributed by atoms with Crippen molar-refractivity contribution < 1.29 is 14.6 Å². The number of carbonyl (C=O) groups is 1. The molecule has 1 saturated carbocycles. The molecule has 2 aliphatic rings. The predicted octanol–water partition coefficient (Wildman–Crippen LogP) is 1.86. The van der Waals surface area contributed by atoms with Gasteiger partial charge < -0.3 is 25.8 Å². The lowest BCUT2D eigenvalue weighted by Crippen LogP contribution is -2.49. The Kier molecular flexibility index (Phi) is 6.07. The summed E-state index contributed by atoms with van der Waals surface area (Å²) in [7, 11) is 0. The second-order valence-electron chi connectivity index (χ2n) is 6.67. The Balaban J connectivity index is 1.40. The number of nitrogens with one attached hydrogen (secondary N) is 3. The lowest BCUT2D eigenvalue weighted by molar-refractivity contribution is 0.0423. The van der Waals surface area contributed by atoms with Crippen LogP contribution < -0.4 is 16.0 Å². The van der Waals surface area contributed by atoms with E-state index in [2.05, 4.69) is 16.0 Å². The minimum atomic E-state index is -0.594. The van der Waals surface area contributed by atoms with Gasteiger partial charge in [-0.05, 0) is 25.0 Å². The van der Waals surface area contributed by atoms with E-state index in [4.69, 9.17) is 4.74 Å². The molecule has 3 unspecified atom stereocenters. The van der Waals surface area contributed by atoms with Crippen LogP contribution in [0.1, 0.15) is 32.1 Å². The van der Waals surface area contributed by atoms with E-state index in [9.17, 15) is 9.90 Å². The molecule has 1 saturated heterocycles. The van der Waals surface area contributed by atoms with Crippen molar-refractivity contribution in [1.29, 1.82) is 0 Å². The number of hydrogen-bond donors (Lipinski definition) is 4. The minimum Gasteiger partial charge on any atom is -0.389 e. The molecule has 1 aliphatic heterocycles. The van der Waals surface area contributed by atoms with Gasteiger partial charge in [0.15, 0.2) is 0 Å². The average Bonchev–Trinajstić information content (AvgIpc) is 2.95. The van der Waals surface area contributed by atoms with E-state index < -0.39 is 6.10 Å². The van der Waals surface area contributed by atoms with Crippen molar-refractivity contribution in [2.24, 2.45) is 0 Å². The van der Waals surface area contributed by atoms with Crippen LogP contribution in [0.15, 0.2) is 30.3 Å². The van der Waals surface area contributed by atoms with Crippen LogP contribution in [0, 0.1) is 0 Å². The first-order chi connectivity index (χ1) is 11.7. The van der Waals surface area contributed by atoms with Gasteiger partial charge in [0, 0.05) is 18.3 Å². The number of aliphatic hydroxyl groups is 1. The zero-order valence-corrected chi connectivity index (χ0v) is 13.9. The molecule has 132 valence electrons. The Morgan fingerprint density at radius 1 is 1.17 bits per heavy atom. The number of rotatable bonds is 5. The second-order valence-corrected chi connectivity index (χ2v) is 6.67. The topological polar surface area (TPSA) is 82.6 Å². The lowest BCUT2D eigenvalue weighted by Gasteiger charge is -2.27. The van der Waals surface area contributed by atoms with E-state index in [1.165, 1.54) is 32.1 Å². The molecule has 1 aliphatic carbocycles. The molecule has 0 spiro atoms. The summed E-state index contributed by atoms with van der Waals surface area (Å²) in [5.74, 6) is 0. The Hall–Kier alpha value is -1.63. The quantitative estimate of drug-likeness (QED) is 0.663. The summed E-state index contributed by atoms with van der Waals surface area (Å²) < 4.78 is 5.66. The molecule has 24 heavy (non-hydrogen) atoms. The summed E-state index contributed by atoms with van der Waals surface area (Å²) >= 11 is 0. The van der Waals surface area contributed by atoms with Crippen LogP contribution in [0.4, 0.5) is 10.5 Å². The molecule has 1 aromatic carbocycles. The third-order valence-corrected chi connectivity index (χ3v) is 4.83. The van der Waals surface area contributed by atoms with Gasteiger partial charge >= 0.3 is 6.03 Å². The highest BCUT2D eigenvalue weighted by Crippen LogP contribution is 2.21. The van der Waals surface area contributed by atoms with Gasteiger partial charge in [0.25, 0.3) is 0 Å². The maximum absolute atomic E-state index is 11.9. The van der Waals surface area contributed by atoms with Gasteiger partial charge in [-0.3, -0.25) is 0 Å². The molecular formula is C18H27N3O3. The van der Waals surface area contributed by atoms with Crippen LogP contribution in [0.5, 0.6) is 0 Å². The summed E-state index contributed by atoms with van der Waals surface area (Å²) in [6.07, 6.45) is 5.21. The summed E-state index contributed by atoms with van der Waals surface area (Å²) in [5, 5.41) is 19.5. The van der Waals surface area contributed by atoms with Crippen molar-refractivity contribution in [1.82, 2.24) is 10.6 Å². The Morgan fingerprint density at radius 2 is 1.92 bits per heavy atom. The third kappa shape index (κ3) is 4.69. The fraction of sp³-hybridized carbons (Fsp3) is 0.611. The number of ether oxygens (including phenoxy) is 1. The largest absolute Gasteiger partial charge is 0.389 e. The third-order valence-electron chi connectivity index (χ3n) is 4.83. The van der Waals surface area contributed by atoms with Crippen molar-refractivity contribution in [3.05, 3.63) is 30.3 Å². The normalized spacial score (nSPS) is 27.8. The monoisotopic (exact) mass is 333 g/mol. The maximum Gasteiger partial charge on any atom is 0.319 e. The van der Waals surface area contributed by atoms with Crippen LogP contribution in [-0.4, -0.2) is 48.6 Å². The molecular weight excluding hydrogens is 306 g/mol. The Morgan fingerprint density at radius 3 is 2.67 bits per heavy atom. The van der Waals surface area contributed by atoms with Gasteiger partial charge in [0.2, 0.25) is 0 Å². The minimum absolute atomic E-state index is 0.0444. The highest BCUT2D eigenvalue weighted by molar-refractivity contribution is 5.89. The lowest BCUT2D eigenvalue weighted by atomic mass is 9.94. The molecule has 6 heteroatoms. The number of benzene rings is 1. The van der Waals surface area contributed by atoms with Gasteiger partial charge in [-0.25, -0.2) is 4.79 Å². The molecule has 0 aromatic heterocycles. The van der Waals surface area contributed by atoms with E-state index >= 15 is 0 Å². The van der Waals surface area contributed by atoms with Gasteiger partial charge in [0.1, 0.15) is 6.10 Å². The smallest absolute Gasteiger partial charge is 0.319 e. The predicted molar refractivity (Wildman–Crippen MR) is 93.0 cm³/mol. The van der Waals surface area contributed by atoms with E-state index in [0.29, 0.717) is 19.2 Å². The highest BCUT2D eigenvalue weighted by Gasteiger charge is 2.37. The molecule has 2 fully saturated rings. The first-order valence-corrected chi connectivity index (χ1v) is 8.88. The van der Waals surface area contributed by atoms with Crippen molar-refractivity contribution >= 4 is 11.7 Å². The van der Waals surface area contributed by atoms with Gasteiger partial charge in [-0.1, -0.05) is 37.5 Å². The van der Waals surface area contributed by atoms with Gasteiger partial charge in [0.05, 0.1) is 18.8 Å². The highest BCUT2D eigenvalue weighted by atomic mass is 16.5. The first-order valence-electron chi connectivity index (χ1n) is 8.88. The number of hydrogen-bond acceptors (Lipinski definition) is 4. The zero-order valence-electron chi connectivity index (χ0n) is 13.9. The van der Waals surface area contributed by atoms with E-state index in [-0.39, 0.29) is 18.2 Å². The van der Waals surface area contributed by atoms with Gasteiger partial charge in [-0.2, -0.15) is 0 Å². The van der Waals surface area contributed by atoms with Crippen LogP contribution in [0.25, 0.3) is 0 Å². The van der Waals surface area contributed by atoms with E-state index in [0.717, 1.165) is 5.69 Å². The molecule has 2 amide bonds. The first kappa shape index (κ1) is 17.2. The Labute approximate surface area is 143 Å². The summed E-state index contributed by atoms with van der Waals surface area (Å²) in [5.41, 5.74) is 0.736. The molecule has 4 N–H and O–H groups in total. The summed E-state index contributed by atoms with van der Waals surface area (Å²) in [6.45, 7) is 0.785. The zero-order chi connectivity index (χ0) is 16.8. The molecule has 3 rings (SSSR count). The molecule has 1 heterocycles.